The standard InChI is InChI=1S/C17H16N2O/c1-17(13-18,16-10-6-3-7-11-16)19(14-20)12-15-8-4-2-5-9-15/h2-11,14H,12H2,1H3/t17-/m0/s1. The molecule has 0 N–H and O–H groups in total. The first kappa shape index (κ1) is 13.8. The Bertz CT molecular complexity index is 604. The van der Waals surface area contributed by atoms with Gasteiger partial charge in [0.1, 0.15) is 0 Å². The van der Waals surface area contributed by atoms with Crippen LogP contribution in [0.15, 0.2) is 60.7 Å². The molecule has 100 valence electrons. The lowest BCUT2D eigenvalue weighted by molar-refractivity contribution is -0.122. The second-order valence-electron chi connectivity index (χ2n) is 4.77. The van der Waals surface area contributed by atoms with E-state index in [0.717, 1.165) is 17.5 Å². The van der Waals surface area contributed by atoms with Gasteiger partial charge < -0.3 is 4.90 Å². The third kappa shape index (κ3) is 2.70. The van der Waals surface area contributed by atoms with Crippen molar-refractivity contribution in [3.05, 3.63) is 71.8 Å². The monoisotopic (exact) mass is 264 g/mol. The highest BCUT2D eigenvalue weighted by atomic mass is 16.1. The molecule has 0 saturated carbocycles. The maximum atomic E-state index is 11.5. The number of hydrogen-bond acceptors (Lipinski definition) is 2. The molecule has 3 nitrogen and oxygen atoms in total. The van der Waals surface area contributed by atoms with E-state index in [1.54, 1.807) is 6.92 Å². The molecular weight excluding hydrogens is 248 g/mol. The largest absolute Gasteiger partial charge is 0.319 e. The molecule has 1 atom stereocenters. The minimum Gasteiger partial charge on any atom is -0.319 e. The molecule has 1 amide bonds. The number of rotatable bonds is 5. The molecule has 0 aliphatic carbocycles. The van der Waals surface area contributed by atoms with Crippen molar-refractivity contribution >= 4 is 6.41 Å². The van der Waals surface area contributed by atoms with E-state index in [-0.39, 0.29) is 0 Å². The fourth-order valence-electron chi connectivity index (χ4n) is 2.14. The van der Waals surface area contributed by atoms with Gasteiger partial charge in [-0.3, -0.25) is 4.79 Å². The number of benzene rings is 2. The van der Waals surface area contributed by atoms with Crippen molar-refractivity contribution in [1.82, 2.24) is 4.90 Å². The van der Waals surface area contributed by atoms with E-state index in [9.17, 15) is 10.1 Å². The summed E-state index contributed by atoms with van der Waals surface area (Å²) in [5.74, 6) is 0. The summed E-state index contributed by atoms with van der Waals surface area (Å²) in [6, 6.07) is 21.3. The van der Waals surface area contributed by atoms with Crippen molar-refractivity contribution < 1.29 is 4.79 Å². The van der Waals surface area contributed by atoms with Crippen molar-refractivity contribution in [2.75, 3.05) is 0 Å². The summed E-state index contributed by atoms with van der Waals surface area (Å²) in [7, 11) is 0. The molecule has 0 aliphatic rings. The van der Waals surface area contributed by atoms with Gasteiger partial charge in [0.2, 0.25) is 6.41 Å². The van der Waals surface area contributed by atoms with Gasteiger partial charge >= 0.3 is 0 Å². The fraction of sp³-hybridized carbons (Fsp3) is 0.176. The van der Waals surface area contributed by atoms with Gasteiger partial charge in [-0.2, -0.15) is 5.26 Å². The van der Waals surface area contributed by atoms with Crippen LogP contribution in [0.4, 0.5) is 0 Å². The van der Waals surface area contributed by atoms with Crippen LogP contribution in [0, 0.1) is 11.3 Å². The Balaban J connectivity index is 2.34. The van der Waals surface area contributed by atoms with Crippen LogP contribution >= 0.6 is 0 Å². The van der Waals surface area contributed by atoms with Crippen LogP contribution in [0.1, 0.15) is 18.1 Å². The first-order valence-corrected chi connectivity index (χ1v) is 6.43. The van der Waals surface area contributed by atoms with Gasteiger partial charge in [-0.15, -0.1) is 0 Å². The first-order chi connectivity index (χ1) is 9.70. The molecule has 0 bridgehead atoms. The summed E-state index contributed by atoms with van der Waals surface area (Å²) >= 11 is 0. The Hall–Kier alpha value is -2.60. The minimum absolute atomic E-state index is 0.406. The Morgan fingerprint density at radius 2 is 1.65 bits per heavy atom. The van der Waals surface area contributed by atoms with Gasteiger partial charge in [0.05, 0.1) is 6.07 Å². The van der Waals surface area contributed by atoms with Crippen LogP contribution in [0.3, 0.4) is 0 Å². The SMILES string of the molecule is C[C@](C#N)(c1ccccc1)N(C=O)Cc1ccccc1. The Morgan fingerprint density at radius 1 is 1.10 bits per heavy atom. The lowest BCUT2D eigenvalue weighted by atomic mass is 9.91. The molecule has 0 unspecified atom stereocenters. The molecule has 0 spiro atoms. The minimum atomic E-state index is -0.973. The van der Waals surface area contributed by atoms with Crippen LogP contribution in [0.25, 0.3) is 0 Å². The number of hydrogen-bond donors (Lipinski definition) is 0. The van der Waals surface area contributed by atoms with Crippen LogP contribution < -0.4 is 0 Å². The summed E-state index contributed by atoms with van der Waals surface area (Å²) in [5, 5.41) is 9.57. The zero-order valence-electron chi connectivity index (χ0n) is 11.4. The van der Waals surface area contributed by atoms with E-state index < -0.39 is 5.54 Å². The molecule has 0 heterocycles. The summed E-state index contributed by atoms with van der Waals surface area (Å²) in [5.41, 5.74) is 0.835. The van der Waals surface area contributed by atoms with Crippen molar-refractivity contribution in [2.45, 2.75) is 19.0 Å². The van der Waals surface area contributed by atoms with Crippen molar-refractivity contribution in [1.29, 1.82) is 5.26 Å². The highest BCUT2D eigenvalue weighted by Crippen LogP contribution is 2.27. The highest BCUT2D eigenvalue weighted by Gasteiger charge is 2.33. The van der Waals surface area contributed by atoms with Gasteiger partial charge in [-0.1, -0.05) is 60.7 Å². The van der Waals surface area contributed by atoms with Crippen molar-refractivity contribution in [3.63, 3.8) is 0 Å². The van der Waals surface area contributed by atoms with Gasteiger partial charge in [-0.25, -0.2) is 0 Å². The molecule has 2 aromatic carbocycles. The van der Waals surface area contributed by atoms with Crippen molar-refractivity contribution in [3.8, 4) is 6.07 Å². The second-order valence-corrected chi connectivity index (χ2v) is 4.77. The maximum Gasteiger partial charge on any atom is 0.211 e. The lowest BCUT2D eigenvalue weighted by Crippen LogP contribution is -2.41. The summed E-state index contributed by atoms with van der Waals surface area (Å²) < 4.78 is 0. The van der Waals surface area contributed by atoms with Gasteiger partial charge in [0.15, 0.2) is 5.54 Å². The van der Waals surface area contributed by atoms with E-state index in [2.05, 4.69) is 6.07 Å². The number of amides is 1. The van der Waals surface area contributed by atoms with Crippen LogP contribution in [0.5, 0.6) is 0 Å². The molecular formula is C17H16N2O. The van der Waals surface area contributed by atoms with E-state index >= 15 is 0 Å². The quantitative estimate of drug-likeness (QED) is 0.779. The maximum absolute atomic E-state index is 11.5. The number of nitriles is 1. The third-order valence-corrected chi connectivity index (χ3v) is 3.45. The summed E-state index contributed by atoms with van der Waals surface area (Å²) in [6.45, 7) is 2.17. The molecule has 0 aliphatic heterocycles. The lowest BCUT2D eigenvalue weighted by Gasteiger charge is -2.33. The average Bonchev–Trinajstić information content (AvgIpc) is 2.53. The summed E-state index contributed by atoms with van der Waals surface area (Å²) in [6.07, 6.45) is 0.739. The number of nitrogens with zero attached hydrogens (tertiary/aromatic N) is 2. The molecule has 20 heavy (non-hydrogen) atoms. The van der Waals surface area contributed by atoms with E-state index in [0.29, 0.717) is 6.54 Å². The molecule has 2 aromatic rings. The highest BCUT2D eigenvalue weighted by molar-refractivity contribution is 5.53. The smallest absolute Gasteiger partial charge is 0.211 e. The number of carbonyl (C=O) groups excluding carboxylic acids is 1. The second kappa shape index (κ2) is 6.03. The first-order valence-electron chi connectivity index (χ1n) is 6.43. The van der Waals surface area contributed by atoms with Gasteiger partial charge in [-0.05, 0) is 18.1 Å². The molecule has 2 rings (SSSR count). The zero-order valence-corrected chi connectivity index (χ0v) is 11.4. The predicted molar refractivity (Wildman–Crippen MR) is 77.5 cm³/mol. The van der Waals surface area contributed by atoms with Crippen LogP contribution in [-0.4, -0.2) is 11.3 Å². The Kier molecular flexibility index (Phi) is 4.17. The fourth-order valence-corrected chi connectivity index (χ4v) is 2.14. The van der Waals surface area contributed by atoms with E-state index in [4.69, 9.17) is 0 Å². The Labute approximate surface area is 119 Å². The topological polar surface area (TPSA) is 44.1 Å². The normalized spacial score (nSPS) is 13.0. The van der Waals surface area contributed by atoms with E-state index in [1.807, 2.05) is 60.7 Å². The molecule has 0 fully saturated rings. The molecule has 0 saturated heterocycles. The molecule has 3 heteroatoms. The van der Waals surface area contributed by atoms with Crippen LogP contribution in [0.2, 0.25) is 0 Å². The molecule has 0 aromatic heterocycles. The van der Waals surface area contributed by atoms with E-state index in [1.165, 1.54) is 4.90 Å². The van der Waals surface area contributed by atoms with Gasteiger partial charge in [0.25, 0.3) is 0 Å². The predicted octanol–water partition coefficient (Wildman–Crippen LogP) is 3.08. The van der Waals surface area contributed by atoms with Crippen LogP contribution in [-0.2, 0) is 16.9 Å². The zero-order chi connectivity index (χ0) is 14.4. The molecule has 0 radical (unpaired) electrons. The third-order valence-electron chi connectivity index (χ3n) is 3.45. The average molecular weight is 264 g/mol. The van der Waals surface area contributed by atoms with Crippen molar-refractivity contribution in [2.24, 2.45) is 0 Å². The summed E-state index contributed by atoms with van der Waals surface area (Å²) in [4.78, 5) is 13.0. The van der Waals surface area contributed by atoms with Gasteiger partial charge in [0, 0.05) is 6.54 Å². The Morgan fingerprint density at radius 3 is 2.15 bits per heavy atom. The number of carbonyl (C=O) groups is 1.